The average molecular weight is 424 g/mol. The lowest BCUT2D eigenvalue weighted by Gasteiger charge is -2.06. The van der Waals surface area contributed by atoms with Crippen LogP contribution in [0.2, 0.25) is 0 Å². The molecular weight excluding hydrogens is 402 g/mol. The Hall–Kier alpha value is -2.59. The average Bonchev–Trinajstić information content (AvgIpc) is 3.09. The highest BCUT2D eigenvalue weighted by molar-refractivity contribution is 8.00. The second-order valence-corrected chi connectivity index (χ2v) is 7.29. The van der Waals surface area contributed by atoms with Crippen molar-refractivity contribution in [3.63, 3.8) is 0 Å². The van der Waals surface area contributed by atoms with Crippen LogP contribution in [0.25, 0.3) is 0 Å². The fourth-order valence-electron chi connectivity index (χ4n) is 2.07. The number of nitrogens with one attached hydrogen (secondary N) is 2. The summed E-state index contributed by atoms with van der Waals surface area (Å²) in [4.78, 5) is 39.5. The minimum Gasteiger partial charge on any atom is -0.497 e. The van der Waals surface area contributed by atoms with Crippen LogP contribution in [0.4, 0.5) is 10.8 Å². The first kappa shape index (κ1) is 21.7. The first-order valence-electron chi connectivity index (χ1n) is 8.41. The zero-order chi connectivity index (χ0) is 20.4. The van der Waals surface area contributed by atoms with Gasteiger partial charge in [0.25, 0.3) is 0 Å². The van der Waals surface area contributed by atoms with Crippen LogP contribution in [-0.2, 0) is 25.5 Å². The lowest BCUT2D eigenvalue weighted by atomic mass is 10.3. The predicted molar refractivity (Wildman–Crippen MR) is 110 cm³/mol. The molecule has 10 heteroatoms. The van der Waals surface area contributed by atoms with Gasteiger partial charge in [0.2, 0.25) is 11.8 Å². The van der Waals surface area contributed by atoms with Gasteiger partial charge in [-0.15, -0.1) is 23.1 Å². The molecule has 0 spiro atoms. The number of nitrogens with zero attached hydrogens (tertiary/aromatic N) is 1. The SMILES string of the molecule is CCOC(=O)Cc1csc(NC(=O)CSCC(=O)Nc2ccc(OC)cc2)n1. The number of methoxy groups -OCH3 is 1. The summed E-state index contributed by atoms with van der Waals surface area (Å²) in [5.74, 6) is 0.141. The Kier molecular flexibility index (Phi) is 8.76. The van der Waals surface area contributed by atoms with Crippen LogP contribution in [0, 0.1) is 0 Å². The number of rotatable bonds is 10. The highest BCUT2D eigenvalue weighted by Gasteiger charge is 2.11. The Bertz CT molecular complexity index is 808. The van der Waals surface area contributed by atoms with Gasteiger partial charge in [-0.1, -0.05) is 0 Å². The molecule has 2 amide bonds. The van der Waals surface area contributed by atoms with Crippen molar-refractivity contribution in [1.82, 2.24) is 4.98 Å². The number of carbonyl (C=O) groups excluding carboxylic acids is 3. The standard InChI is InChI=1S/C18H21N3O5S2/c1-3-26-17(24)8-13-9-28-18(20-13)21-16(23)11-27-10-15(22)19-12-4-6-14(25-2)7-5-12/h4-7,9H,3,8,10-11H2,1-2H3,(H,19,22)(H,20,21,23). The Morgan fingerprint density at radius 3 is 2.43 bits per heavy atom. The van der Waals surface area contributed by atoms with E-state index in [0.717, 1.165) is 0 Å². The highest BCUT2D eigenvalue weighted by Crippen LogP contribution is 2.17. The molecule has 8 nitrogen and oxygen atoms in total. The number of thiazole rings is 1. The lowest BCUT2D eigenvalue weighted by molar-refractivity contribution is -0.142. The number of amides is 2. The van der Waals surface area contributed by atoms with Crippen molar-refractivity contribution in [2.75, 3.05) is 35.9 Å². The van der Waals surface area contributed by atoms with Crippen molar-refractivity contribution in [2.45, 2.75) is 13.3 Å². The molecule has 0 aliphatic heterocycles. The summed E-state index contributed by atoms with van der Waals surface area (Å²) in [6, 6.07) is 6.98. The molecule has 2 N–H and O–H groups in total. The van der Waals surface area contributed by atoms with E-state index >= 15 is 0 Å². The number of esters is 1. The van der Waals surface area contributed by atoms with Gasteiger partial charge in [0.1, 0.15) is 5.75 Å². The van der Waals surface area contributed by atoms with Crippen LogP contribution in [-0.4, -0.2) is 48.0 Å². The van der Waals surface area contributed by atoms with E-state index in [2.05, 4.69) is 15.6 Å². The molecule has 0 radical (unpaired) electrons. The Balaban J connectivity index is 1.68. The largest absolute Gasteiger partial charge is 0.497 e. The van der Waals surface area contributed by atoms with E-state index in [0.29, 0.717) is 28.9 Å². The van der Waals surface area contributed by atoms with Crippen molar-refractivity contribution in [1.29, 1.82) is 0 Å². The van der Waals surface area contributed by atoms with Crippen molar-refractivity contribution < 1.29 is 23.9 Å². The maximum atomic E-state index is 12.0. The third kappa shape index (κ3) is 7.57. The minimum atomic E-state index is -0.357. The molecule has 0 bridgehead atoms. The molecular formula is C18H21N3O5S2. The van der Waals surface area contributed by atoms with Gasteiger partial charge >= 0.3 is 5.97 Å². The summed E-state index contributed by atoms with van der Waals surface area (Å²) in [6.45, 7) is 2.05. The van der Waals surface area contributed by atoms with Crippen LogP contribution in [0.3, 0.4) is 0 Å². The predicted octanol–water partition coefficient (Wildman–Crippen LogP) is 2.57. The van der Waals surface area contributed by atoms with Gasteiger partial charge in [0, 0.05) is 11.1 Å². The van der Waals surface area contributed by atoms with E-state index in [1.54, 1.807) is 43.7 Å². The van der Waals surface area contributed by atoms with Gasteiger partial charge < -0.3 is 20.1 Å². The zero-order valence-electron chi connectivity index (χ0n) is 15.5. The number of thioether (sulfide) groups is 1. The first-order chi connectivity index (χ1) is 13.5. The van der Waals surface area contributed by atoms with E-state index in [4.69, 9.17) is 9.47 Å². The molecule has 0 unspecified atom stereocenters. The number of hydrogen-bond acceptors (Lipinski definition) is 8. The monoisotopic (exact) mass is 423 g/mol. The molecule has 0 saturated heterocycles. The summed E-state index contributed by atoms with van der Waals surface area (Å²) < 4.78 is 9.91. The van der Waals surface area contributed by atoms with Crippen LogP contribution in [0.1, 0.15) is 12.6 Å². The molecule has 1 aromatic heterocycles. The zero-order valence-corrected chi connectivity index (χ0v) is 17.2. The molecule has 0 saturated carbocycles. The van der Waals surface area contributed by atoms with Gasteiger partial charge in [-0.25, -0.2) is 4.98 Å². The molecule has 0 fully saturated rings. The second kappa shape index (κ2) is 11.3. The van der Waals surface area contributed by atoms with Crippen LogP contribution in [0.5, 0.6) is 5.75 Å². The Morgan fingerprint density at radius 2 is 1.79 bits per heavy atom. The third-order valence-electron chi connectivity index (χ3n) is 3.27. The number of carbonyl (C=O) groups is 3. The quantitative estimate of drug-likeness (QED) is 0.566. The third-order valence-corrected chi connectivity index (χ3v) is 5.01. The molecule has 2 rings (SSSR count). The van der Waals surface area contributed by atoms with Crippen LogP contribution >= 0.6 is 23.1 Å². The van der Waals surface area contributed by atoms with Crippen molar-refractivity contribution in [3.05, 3.63) is 35.3 Å². The smallest absolute Gasteiger partial charge is 0.311 e. The van der Waals surface area contributed by atoms with Gasteiger partial charge in [0.05, 0.1) is 37.3 Å². The fourth-order valence-corrected chi connectivity index (χ4v) is 3.41. The number of anilines is 2. The molecule has 0 atom stereocenters. The summed E-state index contributed by atoms with van der Waals surface area (Å²) in [6.07, 6.45) is 0.0699. The van der Waals surface area contributed by atoms with E-state index in [1.165, 1.54) is 23.1 Å². The molecule has 0 aliphatic carbocycles. The van der Waals surface area contributed by atoms with E-state index in [9.17, 15) is 14.4 Å². The molecule has 150 valence electrons. The normalized spacial score (nSPS) is 10.2. The fraction of sp³-hybridized carbons (Fsp3) is 0.333. The van der Waals surface area contributed by atoms with Gasteiger partial charge in [-0.2, -0.15) is 0 Å². The molecule has 1 aromatic carbocycles. The molecule has 2 aromatic rings. The summed E-state index contributed by atoms with van der Waals surface area (Å²) in [5.41, 5.74) is 1.21. The highest BCUT2D eigenvalue weighted by atomic mass is 32.2. The maximum Gasteiger partial charge on any atom is 0.311 e. The summed E-state index contributed by atoms with van der Waals surface area (Å²) in [5, 5.41) is 7.51. The number of aromatic nitrogens is 1. The van der Waals surface area contributed by atoms with Gasteiger partial charge in [-0.3, -0.25) is 14.4 Å². The van der Waals surface area contributed by atoms with E-state index in [-0.39, 0.29) is 35.7 Å². The van der Waals surface area contributed by atoms with Crippen LogP contribution in [0.15, 0.2) is 29.6 Å². The molecule has 0 aliphatic rings. The number of ether oxygens (including phenoxy) is 2. The minimum absolute atomic E-state index is 0.0699. The number of hydrogen-bond donors (Lipinski definition) is 2. The van der Waals surface area contributed by atoms with Gasteiger partial charge in [0.15, 0.2) is 5.13 Å². The molecule has 1 heterocycles. The van der Waals surface area contributed by atoms with E-state index < -0.39 is 0 Å². The lowest BCUT2D eigenvalue weighted by Crippen LogP contribution is -2.18. The van der Waals surface area contributed by atoms with Crippen LogP contribution < -0.4 is 15.4 Å². The van der Waals surface area contributed by atoms with Crippen molar-refractivity contribution in [3.8, 4) is 5.75 Å². The second-order valence-electron chi connectivity index (χ2n) is 5.44. The van der Waals surface area contributed by atoms with E-state index in [1.807, 2.05) is 0 Å². The summed E-state index contributed by atoms with van der Waals surface area (Å²) in [7, 11) is 1.57. The molecule has 28 heavy (non-hydrogen) atoms. The first-order valence-corrected chi connectivity index (χ1v) is 10.4. The van der Waals surface area contributed by atoms with Gasteiger partial charge in [-0.05, 0) is 31.2 Å². The Labute approximate surface area is 171 Å². The van der Waals surface area contributed by atoms with Crippen molar-refractivity contribution >= 4 is 51.7 Å². The topological polar surface area (TPSA) is 107 Å². The summed E-state index contributed by atoms with van der Waals surface area (Å²) >= 11 is 2.43. The van der Waals surface area contributed by atoms with Crippen molar-refractivity contribution in [2.24, 2.45) is 0 Å². The number of benzene rings is 1. The maximum absolute atomic E-state index is 12.0. The Morgan fingerprint density at radius 1 is 1.11 bits per heavy atom.